The Hall–Kier alpha value is -1.93. The van der Waals surface area contributed by atoms with Crippen LogP contribution in [0.3, 0.4) is 0 Å². The van der Waals surface area contributed by atoms with Gasteiger partial charge in [0.05, 0.1) is 17.5 Å². The van der Waals surface area contributed by atoms with Crippen molar-refractivity contribution < 1.29 is 13.2 Å². The highest BCUT2D eigenvalue weighted by Crippen LogP contribution is 2.21. The molecule has 1 heterocycles. The van der Waals surface area contributed by atoms with Gasteiger partial charge in [-0.1, -0.05) is 55.8 Å². The molecule has 0 bridgehead atoms. The molecule has 3 rings (SSSR count). The minimum Gasteiger partial charge on any atom is -0.348 e. The van der Waals surface area contributed by atoms with Gasteiger partial charge in [0, 0.05) is 31.2 Å². The van der Waals surface area contributed by atoms with Crippen molar-refractivity contribution in [2.75, 3.05) is 32.7 Å². The highest BCUT2D eigenvalue weighted by atomic mass is 35.5. The monoisotopic (exact) mass is 477 g/mol. The molecule has 1 atom stereocenters. The number of piperazine rings is 1. The molecule has 0 unspecified atom stereocenters. The van der Waals surface area contributed by atoms with Crippen LogP contribution in [0.15, 0.2) is 53.4 Å². The maximum Gasteiger partial charge on any atom is 0.243 e. The number of amides is 1. The van der Waals surface area contributed by atoms with E-state index in [1.807, 2.05) is 11.8 Å². The summed E-state index contributed by atoms with van der Waals surface area (Å²) in [4.78, 5) is 14.7. The minimum absolute atomic E-state index is 0.0603. The molecule has 6 nitrogen and oxygen atoms in total. The molecule has 1 fully saturated rings. The van der Waals surface area contributed by atoms with Gasteiger partial charge >= 0.3 is 0 Å². The largest absolute Gasteiger partial charge is 0.348 e. The first-order chi connectivity index (χ1) is 15.1. The van der Waals surface area contributed by atoms with E-state index in [1.54, 1.807) is 18.2 Å². The number of carbonyl (C=O) groups excluding carboxylic acids is 1. The molecule has 8 heteroatoms. The normalized spacial score (nSPS) is 16.8. The lowest BCUT2D eigenvalue weighted by atomic mass is 10.00. The Morgan fingerprint density at radius 3 is 2.28 bits per heavy atom. The number of hydrogen-bond donors (Lipinski definition) is 1. The topological polar surface area (TPSA) is 69.7 Å². The van der Waals surface area contributed by atoms with Gasteiger partial charge in [0.1, 0.15) is 0 Å². The summed E-state index contributed by atoms with van der Waals surface area (Å²) in [5.41, 5.74) is 2.37. The Bertz CT molecular complexity index is 1020. The second-order valence-corrected chi connectivity index (χ2v) is 11.1. The van der Waals surface area contributed by atoms with Gasteiger partial charge < -0.3 is 5.32 Å². The Kier molecular flexibility index (Phi) is 8.33. The summed E-state index contributed by atoms with van der Waals surface area (Å²) in [5, 5.41) is 3.44. The highest BCUT2D eigenvalue weighted by molar-refractivity contribution is 7.89. The minimum atomic E-state index is -3.58. The lowest BCUT2D eigenvalue weighted by molar-refractivity contribution is -0.123. The third-order valence-electron chi connectivity index (χ3n) is 5.63. The number of nitrogens with zero attached hydrogens (tertiary/aromatic N) is 2. The average molecular weight is 478 g/mol. The number of hydrogen-bond acceptors (Lipinski definition) is 4. The van der Waals surface area contributed by atoms with Crippen molar-refractivity contribution in [3.8, 4) is 0 Å². The van der Waals surface area contributed by atoms with Crippen molar-refractivity contribution >= 4 is 27.5 Å². The van der Waals surface area contributed by atoms with E-state index in [9.17, 15) is 13.2 Å². The molecule has 0 aliphatic carbocycles. The Morgan fingerprint density at radius 2 is 1.69 bits per heavy atom. The van der Waals surface area contributed by atoms with Gasteiger partial charge in [-0.05, 0) is 48.6 Å². The fraction of sp³-hybridized carbons (Fsp3) is 0.458. The van der Waals surface area contributed by atoms with Gasteiger partial charge in [-0.2, -0.15) is 4.31 Å². The van der Waals surface area contributed by atoms with E-state index in [4.69, 9.17) is 11.6 Å². The molecule has 0 radical (unpaired) electrons. The molecular weight excluding hydrogens is 446 g/mol. The van der Waals surface area contributed by atoms with E-state index >= 15 is 0 Å². The van der Waals surface area contributed by atoms with Crippen LogP contribution in [0.5, 0.6) is 0 Å². The zero-order valence-electron chi connectivity index (χ0n) is 18.9. The van der Waals surface area contributed by atoms with E-state index < -0.39 is 10.0 Å². The van der Waals surface area contributed by atoms with E-state index in [0.717, 1.165) is 12.0 Å². The van der Waals surface area contributed by atoms with Crippen LogP contribution in [0.1, 0.15) is 37.9 Å². The summed E-state index contributed by atoms with van der Waals surface area (Å²) >= 11 is 5.95. The van der Waals surface area contributed by atoms with Crippen LogP contribution in [0.2, 0.25) is 5.02 Å². The van der Waals surface area contributed by atoms with E-state index in [1.165, 1.54) is 15.9 Å². The number of nitrogens with one attached hydrogen (secondary N) is 1. The van der Waals surface area contributed by atoms with E-state index in [2.05, 4.69) is 43.4 Å². The Morgan fingerprint density at radius 1 is 1.03 bits per heavy atom. The van der Waals surface area contributed by atoms with Gasteiger partial charge in [0.2, 0.25) is 15.9 Å². The van der Waals surface area contributed by atoms with Crippen LogP contribution >= 0.6 is 11.6 Å². The quantitative estimate of drug-likeness (QED) is 0.629. The standard InChI is InChI=1S/C24H32ClN3O3S/c1-18(2)15-20-7-9-21(10-8-20)19(3)26-24(29)17-27-11-13-28(14-12-27)32(30,31)23-6-4-5-22(25)16-23/h4-10,16,18-19H,11-15,17H2,1-3H3,(H,26,29)/t19-/m1/s1. The van der Waals surface area contributed by atoms with Crippen LogP contribution in [-0.4, -0.2) is 56.3 Å². The zero-order chi connectivity index (χ0) is 23.3. The van der Waals surface area contributed by atoms with Gasteiger partial charge in [0.25, 0.3) is 0 Å². The molecule has 0 spiro atoms. The fourth-order valence-corrected chi connectivity index (χ4v) is 5.62. The first-order valence-electron chi connectivity index (χ1n) is 11.0. The molecule has 2 aromatic rings. The third kappa shape index (κ3) is 6.54. The number of sulfonamides is 1. The molecule has 174 valence electrons. The van der Waals surface area contributed by atoms with Crippen LogP contribution in [-0.2, 0) is 21.2 Å². The number of carbonyl (C=O) groups is 1. The maximum atomic E-state index is 12.8. The molecule has 1 aliphatic heterocycles. The third-order valence-corrected chi connectivity index (χ3v) is 7.76. The molecule has 2 aromatic carbocycles. The molecule has 0 aromatic heterocycles. The van der Waals surface area contributed by atoms with Crippen molar-refractivity contribution in [2.45, 2.75) is 38.1 Å². The molecule has 1 aliphatic rings. The molecule has 32 heavy (non-hydrogen) atoms. The first kappa shape index (κ1) is 24.7. The lowest BCUT2D eigenvalue weighted by Gasteiger charge is -2.33. The predicted octanol–water partition coefficient (Wildman–Crippen LogP) is 3.72. The van der Waals surface area contributed by atoms with Crippen molar-refractivity contribution in [1.82, 2.24) is 14.5 Å². The summed E-state index contributed by atoms with van der Waals surface area (Å²) in [6, 6.07) is 14.6. The second kappa shape index (κ2) is 10.8. The molecular formula is C24H32ClN3O3S. The molecule has 1 amide bonds. The van der Waals surface area contributed by atoms with Crippen molar-refractivity contribution in [3.63, 3.8) is 0 Å². The lowest BCUT2D eigenvalue weighted by Crippen LogP contribution is -2.51. The summed E-state index contributed by atoms with van der Waals surface area (Å²) < 4.78 is 27.1. The molecule has 0 saturated carbocycles. The van der Waals surface area contributed by atoms with Crippen LogP contribution < -0.4 is 5.32 Å². The maximum absolute atomic E-state index is 12.8. The van der Waals surface area contributed by atoms with Crippen molar-refractivity contribution in [2.24, 2.45) is 5.92 Å². The van der Waals surface area contributed by atoms with Gasteiger partial charge in [-0.25, -0.2) is 8.42 Å². The molecule has 1 saturated heterocycles. The Labute approximate surface area is 196 Å². The summed E-state index contributed by atoms with van der Waals surface area (Å²) in [6.45, 7) is 8.32. The summed E-state index contributed by atoms with van der Waals surface area (Å²) in [7, 11) is -3.58. The predicted molar refractivity (Wildman–Crippen MR) is 128 cm³/mol. The first-order valence-corrected chi connectivity index (χ1v) is 12.8. The van der Waals surface area contributed by atoms with Crippen molar-refractivity contribution in [1.29, 1.82) is 0 Å². The second-order valence-electron chi connectivity index (χ2n) is 8.77. The Balaban J connectivity index is 1.49. The number of halogens is 1. The SMILES string of the molecule is CC(C)Cc1ccc([C@@H](C)NC(=O)CN2CCN(S(=O)(=O)c3cccc(Cl)c3)CC2)cc1. The van der Waals surface area contributed by atoms with Gasteiger partial charge in [0.15, 0.2) is 0 Å². The average Bonchev–Trinajstić information content (AvgIpc) is 2.74. The van der Waals surface area contributed by atoms with Crippen molar-refractivity contribution in [3.05, 3.63) is 64.7 Å². The summed E-state index contributed by atoms with van der Waals surface area (Å²) in [6.07, 6.45) is 1.04. The van der Waals surface area contributed by atoms with Crippen LogP contribution in [0.4, 0.5) is 0 Å². The fourth-order valence-electron chi connectivity index (χ4n) is 3.89. The zero-order valence-corrected chi connectivity index (χ0v) is 20.5. The van der Waals surface area contributed by atoms with Crippen LogP contribution in [0, 0.1) is 5.92 Å². The smallest absolute Gasteiger partial charge is 0.243 e. The van der Waals surface area contributed by atoms with Gasteiger partial charge in [-0.15, -0.1) is 0 Å². The summed E-state index contributed by atoms with van der Waals surface area (Å²) in [5.74, 6) is 0.550. The van der Waals surface area contributed by atoms with Gasteiger partial charge in [-0.3, -0.25) is 9.69 Å². The number of rotatable bonds is 8. The number of benzene rings is 2. The van der Waals surface area contributed by atoms with Crippen LogP contribution in [0.25, 0.3) is 0 Å². The van der Waals surface area contributed by atoms with E-state index in [-0.39, 0.29) is 23.4 Å². The molecule has 1 N–H and O–H groups in total. The highest BCUT2D eigenvalue weighted by Gasteiger charge is 2.29. The van der Waals surface area contributed by atoms with E-state index in [0.29, 0.717) is 37.1 Å².